The second kappa shape index (κ2) is 7.04. The lowest BCUT2D eigenvalue weighted by atomic mass is 10.1. The number of fused-ring (bicyclic) bond motifs is 1. The number of aromatic amines is 1. The number of pyridine rings is 1. The van der Waals surface area contributed by atoms with Crippen LogP contribution in [0.5, 0.6) is 5.75 Å². The van der Waals surface area contributed by atoms with Crippen molar-refractivity contribution in [3.8, 4) is 5.75 Å². The summed E-state index contributed by atoms with van der Waals surface area (Å²) in [6, 6.07) is 8.73. The number of H-pyrrole nitrogens is 1. The van der Waals surface area contributed by atoms with Crippen LogP contribution in [0.3, 0.4) is 0 Å². The van der Waals surface area contributed by atoms with Crippen molar-refractivity contribution in [3.05, 3.63) is 59.4 Å². The topological polar surface area (TPSA) is 93.3 Å². The molecule has 0 radical (unpaired) electrons. The second-order valence-corrected chi connectivity index (χ2v) is 5.31. The number of aromatic nitrogens is 2. The van der Waals surface area contributed by atoms with E-state index in [4.69, 9.17) is 9.47 Å². The van der Waals surface area contributed by atoms with Crippen LogP contribution in [0.4, 0.5) is 0 Å². The molecule has 0 spiro atoms. The molecule has 2 aromatic heterocycles. The van der Waals surface area contributed by atoms with Crippen LogP contribution < -0.4 is 10.1 Å². The molecule has 0 unspecified atom stereocenters. The van der Waals surface area contributed by atoms with E-state index in [9.17, 15) is 9.59 Å². The fourth-order valence-electron chi connectivity index (χ4n) is 2.54. The highest BCUT2D eigenvalue weighted by Gasteiger charge is 2.15. The smallest absolute Gasteiger partial charge is 0.341 e. The van der Waals surface area contributed by atoms with Crippen molar-refractivity contribution in [3.63, 3.8) is 0 Å². The SMILES string of the molecule is COC(=O)c1cc(CNC(=O)c2c[nH]c3cccnc23)ccc1OC. The number of hydrogen-bond acceptors (Lipinski definition) is 5. The molecule has 0 aliphatic heterocycles. The molecular formula is C18H17N3O4. The van der Waals surface area contributed by atoms with Crippen molar-refractivity contribution < 1.29 is 19.1 Å². The molecule has 7 heteroatoms. The number of benzene rings is 1. The minimum absolute atomic E-state index is 0.250. The van der Waals surface area contributed by atoms with Crippen LogP contribution in [0.25, 0.3) is 11.0 Å². The van der Waals surface area contributed by atoms with Crippen molar-refractivity contribution >= 4 is 22.9 Å². The molecule has 128 valence electrons. The van der Waals surface area contributed by atoms with E-state index in [2.05, 4.69) is 15.3 Å². The van der Waals surface area contributed by atoms with E-state index in [1.54, 1.807) is 36.7 Å². The molecule has 0 aliphatic carbocycles. The molecule has 0 atom stereocenters. The average Bonchev–Trinajstić information content (AvgIpc) is 3.09. The van der Waals surface area contributed by atoms with Gasteiger partial charge in [0, 0.05) is 18.9 Å². The average molecular weight is 339 g/mol. The molecule has 7 nitrogen and oxygen atoms in total. The number of esters is 1. The number of carbonyl (C=O) groups excluding carboxylic acids is 2. The maximum Gasteiger partial charge on any atom is 0.341 e. The lowest BCUT2D eigenvalue weighted by molar-refractivity contribution is 0.0597. The summed E-state index contributed by atoms with van der Waals surface area (Å²) in [5, 5.41) is 2.82. The molecule has 3 aromatic rings. The van der Waals surface area contributed by atoms with Gasteiger partial charge in [0.1, 0.15) is 16.8 Å². The molecule has 1 aromatic carbocycles. The van der Waals surface area contributed by atoms with Crippen molar-refractivity contribution in [1.82, 2.24) is 15.3 Å². The monoisotopic (exact) mass is 339 g/mol. The number of nitrogens with one attached hydrogen (secondary N) is 2. The van der Waals surface area contributed by atoms with Crippen LogP contribution in [0.15, 0.2) is 42.7 Å². The summed E-state index contributed by atoms with van der Waals surface area (Å²) < 4.78 is 9.90. The maximum atomic E-state index is 12.4. The number of amides is 1. The Kier molecular flexibility index (Phi) is 4.65. The Morgan fingerprint density at radius 1 is 1.20 bits per heavy atom. The van der Waals surface area contributed by atoms with Gasteiger partial charge in [-0.05, 0) is 29.8 Å². The van der Waals surface area contributed by atoms with Gasteiger partial charge < -0.3 is 19.8 Å². The number of rotatable bonds is 5. The Morgan fingerprint density at radius 3 is 2.80 bits per heavy atom. The molecule has 2 N–H and O–H groups in total. The van der Waals surface area contributed by atoms with Gasteiger partial charge in [0.15, 0.2) is 0 Å². The number of nitrogens with zero attached hydrogens (tertiary/aromatic N) is 1. The highest BCUT2D eigenvalue weighted by Crippen LogP contribution is 2.21. The lowest BCUT2D eigenvalue weighted by Gasteiger charge is -2.10. The molecule has 1 amide bonds. The normalized spacial score (nSPS) is 10.5. The first-order chi connectivity index (χ1) is 12.1. The fourth-order valence-corrected chi connectivity index (χ4v) is 2.54. The summed E-state index contributed by atoms with van der Waals surface area (Å²) in [5.41, 5.74) is 2.94. The maximum absolute atomic E-state index is 12.4. The number of hydrogen-bond donors (Lipinski definition) is 2. The predicted octanol–water partition coefficient (Wildman–Crippen LogP) is 2.29. The standard InChI is InChI=1S/C18H17N3O4/c1-24-15-6-5-11(8-12(15)18(23)25-2)9-21-17(22)13-10-20-14-4-3-7-19-16(13)14/h3-8,10,20H,9H2,1-2H3,(H,21,22). The predicted molar refractivity (Wildman–Crippen MR) is 91.6 cm³/mol. The van der Waals surface area contributed by atoms with Gasteiger partial charge >= 0.3 is 5.97 Å². The second-order valence-electron chi connectivity index (χ2n) is 5.31. The van der Waals surface area contributed by atoms with Crippen molar-refractivity contribution in [1.29, 1.82) is 0 Å². The Balaban J connectivity index is 1.77. The Hall–Kier alpha value is -3.35. The van der Waals surface area contributed by atoms with Gasteiger partial charge in [-0.3, -0.25) is 9.78 Å². The summed E-state index contributed by atoms with van der Waals surface area (Å²) in [6.45, 7) is 0.256. The van der Waals surface area contributed by atoms with Crippen LogP contribution in [-0.2, 0) is 11.3 Å². The van der Waals surface area contributed by atoms with E-state index < -0.39 is 5.97 Å². The zero-order valence-electron chi connectivity index (χ0n) is 13.8. The van der Waals surface area contributed by atoms with E-state index in [0.29, 0.717) is 22.4 Å². The van der Waals surface area contributed by atoms with E-state index >= 15 is 0 Å². The van der Waals surface area contributed by atoms with Gasteiger partial charge in [0.25, 0.3) is 5.91 Å². The molecule has 0 aliphatic rings. The minimum Gasteiger partial charge on any atom is -0.496 e. The van der Waals surface area contributed by atoms with Gasteiger partial charge in [-0.1, -0.05) is 6.07 Å². The molecule has 2 heterocycles. The van der Waals surface area contributed by atoms with Gasteiger partial charge in [0.05, 0.1) is 25.3 Å². The first-order valence-corrected chi connectivity index (χ1v) is 7.59. The van der Waals surface area contributed by atoms with Gasteiger partial charge in [0.2, 0.25) is 0 Å². The lowest BCUT2D eigenvalue weighted by Crippen LogP contribution is -2.23. The number of carbonyl (C=O) groups is 2. The van der Waals surface area contributed by atoms with Gasteiger partial charge in [-0.15, -0.1) is 0 Å². The van der Waals surface area contributed by atoms with Crippen molar-refractivity contribution in [2.24, 2.45) is 0 Å². The van der Waals surface area contributed by atoms with Crippen LogP contribution in [0.2, 0.25) is 0 Å². The third kappa shape index (κ3) is 3.30. The Bertz CT molecular complexity index is 933. The van der Waals surface area contributed by atoms with Gasteiger partial charge in [-0.2, -0.15) is 0 Å². The first kappa shape index (κ1) is 16.5. The molecule has 0 fully saturated rings. The summed E-state index contributed by atoms with van der Waals surface area (Å²) >= 11 is 0. The molecule has 25 heavy (non-hydrogen) atoms. The molecule has 3 rings (SSSR count). The van der Waals surface area contributed by atoms with Crippen LogP contribution in [0.1, 0.15) is 26.3 Å². The number of methoxy groups -OCH3 is 2. The Labute approximate surface area is 144 Å². The quantitative estimate of drug-likeness (QED) is 0.696. The van der Waals surface area contributed by atoms with Gasteiger partial charge in [-0.25, -0.2) is 4.79 Å². The van der Waals surface area contributed by atoms with E-state index in [-0.39, 0.29) is 12.5 Å². The first-order valence-electron chi connectivity index (χ1n) is 7.59. The molecule has 0 saturated carbocycles. The highest BCUT2D eigenvalue weighted by molar-refractivity contribution is 6.05. The number of ether oxygens (including phenoxy) is 2. The summed E-state index contributed by atoms with van der Waals surface area (Å²) in [5.74, 6) is -0.325. The highest BCUT2D eigenvalue weighted by atomic mass is 16.5. The zero-order chi connectivity index (χ0) is 17.8. The fraction of sp³-hybridized carbons (Fsp3) is 0.167. The molecule has 0 bridgehead atoms. The minimum atomic E-state index is -0.495. The third-order valence-electron chi connectivity index (χ3n) is 3.80. The van der Waals surface area contributed by atoms with Crippen LogP contribution >= 0.6 is 0 Å². The van der Waals surface area contributed by atoms with E-state index in [1.165, 1.54) is 14.2 Å². The molecular weight excluding hydrogens is 322 g/mol. The summed E-state index contributed by atoms with van der Waals surface area (Å²) in [7, 11) is 2.79. The molecule has 0 saturated heterocycles. The summed E-state index contributed by atoms with van der Waals surface area (Å²) in [4.78, 5) is 31.4. The van der Waals surface area contributed by atoms with Crippen LogP contribution in [-0.4, -0.2) is 36.1 Å². The third-order valence-corrected chi connectivity index (χ3v) is 3.80. The van der Waals surface area contributed by atoms with Crippen LogP contribution in [0, 0.1) is 0 Å². The summed E-state index contributed by atoms with van der Waals surface area (Å²) in [6.07, 6.45) is 3.26. The largest absolute Gasteiger partial charge is 0.496 e. The zero-order valence-corrected chi connectivity index (χ0v) is 13.8. The van der Waals surface area contributed by atoms with Crippen molar-refractivity contribution in [2.45, 2.75) is 6.54 Å². The van der Waals surface area contributed by atoms with Crippen molar-refractivity contribution in [2.75, 3.05) is 14.2 Å². The van der Waals surface area contributed by atoms with E-state index in [1.807, 2.05) is 6.07 Å². The Morgan fingerprint density at radius 2 is 2.04 bits per heavy atom. The van der Waals surface area contributed by atoms with E-state index in [0.717, 1.165) is 11.1 Å².